The lowest BCUT2D eigenvalue weighted by Crippen LogP contribution is -2.39. The molecular weight excluding hydrogens is 152 g/mol. The van der Waals surface area contributed by atoms with Gasteiger partial charge in [0.2, 0.25) is 0 Å². The Bertz CT molecular complexity index is 232. The van der Waals surface area contributed by atoms with E-state index in [1.807, 2.05) is 6.92 Å². The molecule has 0 amide bonds. The van der Waals surface area contributed by atoms with Crippen molar-refractivity contribution in [3.05, 3.63) is 12.2 Å². The van der Waals surface area contributed by atoms with Crippen molar-refractivity contribution in [1.29, 1.82) is 0 Å². The van der Waals surface area contributed by atoms with Crippen LogP contribution in [0.15, 0.2) is 12.2 Å². The summed E-state index contributed by atoms with van der Waals surface area (Å²) >= 11 is 0. The molecule has 3 aliphatic rings. The van der Waals surface area contributed by atoms with Crippen LogP contribution in [0.5, 0.6) is 0 Å². The third-order valence-electron chi connectivity index (χ3n) is 2.92. The maximum absolute atomic E-state index is 11.5. The summed E-state index contributed by atoms with van der Waals surface area (Å²) in [7, 11) is 0. The highest BCUT2D eigenvalue weighted by Crippen LogP contribution is 2.38. The summed E-state index contributed by atoms with van der Waals surface area (Å²) < 4.78 is 5.30. The summed E-state index contributed by atoms with van der Waals surface area (Å²) in [5.74, 6) is 0.00287. The van der Waals surface area contributed by atoms with Crippen molar-refractivity contribution >= 4 is 5.97 Å². The lowest BCUT2D eigenvalue weighted by Gasteiger charge is -2.36. The van der Waals surface area contributed by atoms with E-state index in [1.165, 1.54) is 0 Å². The van der Waals surface area contributed by atoms with Crippen molar-refractivity contribution in [2.24, 2.45) is 5.41 Å². The normalized spacial score (nSPS) is 43.1. The maximum Gasteiger partial charge on any atom is 0.312 e. The Balaban J connectivity index is 2.27. The van der Waals surface area contributed by atoms with Crippen molar-refractivity contribution in [3.63, 3.8) is 0 Å². The number of carbonyl (C=O) groups excluding carboxylic acids is 1. The van der Waals surface area contributed by atoms with Gasteiger partial charge in [-0.3, -0.25) is 4.79 Å². The SMILES string of the molecule is CC12C/C=C\CC(CC1)OC2=O. The second kappa shape index (κ2) is 2.61. The van der Waals surface area contributed by atoms with Gasteiger partial charge in [0, 0.05) is 6.42 Å². The Labute approximate surface area is 72.6 Å². The first kappa shape index (κ1) is 7.84. The van der Waals surface area contributed by atoms with Gasteiger partial charge in [-0.1, -0.05) is 12.2 Å². The van der Waals surface area contributed by atoms with E-state index in [0.29, 0.717) is 0 Å². The van der Waals surface area contributed by atoms with Crippen LogP contribution in [-0.2, 0) is 9.53 Å². The molecule has 0 spiro atoms. The molecule has 0 N–H and O–H groups in total. The Hall–Kier alpha value is -0.790. The number of esters is 1. The first-order valence-electron chi connectivity index (χ1n) is 4.57. The molecular formula is C10H14O2. The summed E-state index contributed by atoms with van der Waals surface area (Å²) in [6, 6.07) is 0. The van der Waals surface area contributed by atoms with Gasteiger partial charge in [-0.2, -0.15) is 0 Å². The van der Waals surface area contributed by atoms with Gasteiger partial charge in [0.1, 0.15) is 6.10 Å². The molecule has 1 saturated heterocycles. The van der Waals surface area contributed by atoms with Crippen LogP contribution in [-0.4, -0.2) is 12.1 Å². The predicted molar refractivity (Wildman–Crippen MR) is 45.6 cm³/mol. The van der Waals surface area contributed by atoms with Gasteiger partial charge in [-0.05, 0) is 26.2 Å². The fourth-order valence-corrected chi connectivity index (χ4v) is 1.88. The van der Waals surface area contributed by atoms with E-state index >= 15 is 0 Å². The van der Waals surface area contributed by atoms with Crippen LogP contribution in [0.25, 0.3) is 0 Å². The van der Waals surface area contributed by atoms with E-state index < -0.39 is 0 Å². The van der Waals surface area contributed by atoms with Crippen molar-refractivity contribution in [2.75, 3.05) is 0 Å². The van der Waals surface area contributed by atoms with Gasteiger partial charge >= 0.3 is 5.97 Å². The topological polar surface area (TPSA) is 26.3 Å². The Kier molecular flexibility index (Phi) is 1.71. The third-order valence-corrected chi connectivity index (χ3v) is 2.92. The molecule has 12 heavy (non-hydrogen) atoms. The Morgan fingerprint density at radius 3 is 3.17 bits per heavy atom. The fourth-order valence-electron chi connectivity index (χ4n) is 1.88. The van der Waals surface area contributed by atoms with Crippen LogP contribution in [0.3, 0.4) is 0 Å². The molecule has 2 nitrogen and oxygen atoms in total. The molecule has 1 fully saturated rings. The van der Waals surface area contributed by atoms with Gasteiger partial charge in [0.15, 0.2) is 0 Å². The second-order valence-corrected chi connectivity index (χ2v) is 4.04. The van der Waals surface area contributed by atoms with Crippen molar-refractivity contribution in [3.8, 4) is 0 Å². The van der Waals surface area contributed by atoms with E-state index in [-0.39, 0.29) is 17.5 Å². The van der Waals surface area contributed by atoms with Crippen molar-refractivity contribution in [2.45, 2.75) is 38.7 Å². The number of hydrogen-bond donors (Lipinski definition) is 0. The van der Waals surface area contributed by atoms with Crippen LogP contribution in [0.2, 0.25) is 0 Å². The monoisotopic (exact) mass is 166 g/mol. The molecule has 2 heteroatoms. The fraction of sp³-hybridized carbons (Fsp3) is 0.700. The van der Waals surface area contributed by atoms with Gasteiger partial charge < -0.3 is 4.74 Å². The molecule has 2 bridgehead atoms. The predicted octanol–water partition coefficient (Wildman–Crippen LogP) is 2.05. The van der Waals surface area contributed by atoms with Crippen molar-refractivity contribution in [1.82, 2.24) is 0 Å². The minimum Gasteiger partial charge on any atom is -0.462 e. The smallest absolute Gasteiger partial charge is 0.312 e. The number of rotatable bonds is 0. The summed E-state index contributed by atoms with van der Waals surface area (Å²) in [5.41, 5.74) is -0.229. The minimum atomic E-state index is -0.229. The van der Waals surface area contributed by atoms with Gasteiger partial charge in [-0.15, -0.1) is 0 Å². The number of hydrogen-bond acceptors (Lipinski definition) is 2. The summed E-state index contributed by atoms with van der Waals surface area (Å²) in [5, 5.41) is 0. The average Bonchev–Trinajstić information content (AvgIpc) is 2.01. The maximum atomic E-state index is 11.5. The number of fused-ring (bicyclic) bond motifs is 4. The molecule has 1 aliphatic carbocycles. The zero-order valence-electron chi connectivity index (χ0n) is 7.38. The first-order chi connectivity index (χ1) is 5.71. The van der Waals surface area contributed by atoms with Crippen LogP contribution in [0.4, 0.5) is 0 Å². The van der Waals surface area contributed by atoms with Crippen LogP contribution < -0.4 is 0 Å². The summed E-state index contributed by atoms with van der Waals surface area (Å²) in [6.07, 6.45) is 8.18. The Morgan fingerprint density at radius 2 is 2.42 bits per heavy atom. The van der Waals surface area contributed by atoms with Crippen LogP contribution in [0.1, 0.15) is 32.6 Å². The summed E-state index contributed by atoms with van der Waals surface area (Å²) in [4.78, 5) is 11.5. The second-order valence-electron chi connectivity index (χ2n) is 4.04. The molecule has 0 aromatic heterocycles. The zero-order valence-corrected chi connectivity index (χ0v) is 7.38. The van der Waals surface area contributed by atoms with E-state index in [2.05, 4.69) is 12.2 Å². The molecule has 2 unspecified atom stereocenters. The quantitative estimate of drug-likeness (QED) is 0.406. The summed E-state index contributed by atoms with van der Waals surface area (Å²) in [6.45, 7) is 2.00. The standard InChI is InChI=1S/C10H14O2/c1-10-6-3-2-4-8(5-7-10)12-9(10)11/h2-3,8H,4-7H2,1H3/b3-2-. The molecule has 0 aromatic carbocycles. The number of ether oxygens (including phenoxy) is 1. The van der Waals surface area contributed by atoms with E-state index in [1.54, 1.807) is 0 Å². The number of carbonyl (C=O) groups is 1. The highest BCUT2D eigenvalue weighted by molar-refractivity contribution is 5.77. The lowest BCUT2D eigenvalue weighted by atomic mass is 9.77. The third kappa shape index (κ3) is 1.15. The van der Waals surface area contributed by atoms with Gasteiger partial charge in [-0.25, -0.2) is 0 Å². The highest BCUT2D eigenvalue weighted by atomic mass is 16.5. The molecule has 2 aliphatic heterocycles. The zero-order chi connectivity index (χ0) is 8.60. The van der Waals surface area contributed by atoms with E-state index in [0.717, 1.165) is 25.7 Å². The molecule has 2 atom stereocenters. The molecule has 66 valence electrons. The molecule has 3 rings (SSSR count). The minimum absolute atomic E-state index is 0.00287. The Morgan fingerprint density at radius 1 is 1.58 bits per heavy atom. The van der Waals surface area contributed by atoms with Crippen LogP contribution >= 0.6 is 0 Å². The van der Waals surface area contributed by atoms with E-state index in [4.69, 9.17) is 4.74 Å². The highest BCUT2D eigenvalue weighted by Gasteiger charge is 2.40. The molecule has 0 aromatic rings. The van der Waals surface area contributed by atoms with Gasteiger partial charge in [0.25, 0.3) is 0 Å². The largest absolute Gasteiger partial charge is 0.462 e. The van der Waals surface area contributed by atoms with Crippen molar-refractivity contribution < 1.29 is 9.53 Å². The molecule has 2 heterocycles. The first-order valence-corrected chi connectivity index (χ1v) is 4.57. The van der Waals surface area contributed by atoms with Gasteiger partial charge in [0.05, 0.1) is 5.41 Å². The molecule has 0 saturated carbocycles. The molecule has 0 radical (unpaired) electrons. The van der Waals surface area contributed by atoms with E-state index in [9.17, 15) is 4.79 Å². The van der Waals surface area contributed by atoms with Crippen LogP contribution in [0, 0.1) is 5.41 Å². The lowest BCUT2D eigenvalue weighted by molar-refractivity contribution is -0.168. The average molecular weight is 166 g/mol. The number of allylic oxidation sites excluding steroid dienone is 1.